The van der Waals surface area contributed by atoms with Gasteiger partial charge in [-0.2, -0.15) is 5.26 Å². The molecular formula is C15H13N5O. The molecule has 21 heavy (non-hydrogen) atoms. The van der Waals surface area contributed by atoms with Gasteiger partial charge in [-0.05, 0) is 30.3 Å². The third-order valence-electron chi connectivity index (χ3n) is 3.33. The van der Waals surface area contributed by atoms with Gasteiger partial charge in [0.05, 0.1) is 17.7 Å². The molecule has 104 valence electrons. The standard InChI is InChI=1S/C15H13N5O/c16-8-11-2-4-12(5-3-11)14(21)20-9-13(10-20)19-15-17-6-1-7-18-15/h1-7,13H,9-10H2,(H,17,18,19). The van der Waals surface area contributed by atoms with Crippen molar-refractivity contribution in [3.05, 3.63) is 53.9 Å². The molecule has 1 amide bonds. The fourth-order valence-corrected chi connectivity index (χ4v) is 2.16. The maximum absolute atomic E-state index is 12.2. The average molecular weight is 279 g/mol. The Kier molecular flexibility index (Phi) is 3.48. The van der Waals surface area contributed by atoms with Crippen LogP contribution in [0.15, 0.2) is 42.7 Å². The van der Waals surface area contributed by atoms with Crippen LogP contribution >= 0.6 is 0 Å². The first kappa shape index (κ1) is 13.1. The highest BCUT2D eigenvalue weighted by Crippen LogP contribution is 2.16. The zero-order valence-corrected chi connectivity index (χ0v) is 11.2. The number of nitrogens with zero attached hydrogens (tertiary/aromatic N) is 4. The van der Waals surface area contributed by atoms with Crippen molar-refractivity contribution >= 4 is 11.9 Å². The van der Waals surface area contributed by atoms with Crippen molar-refractivity contribution in [1.82, 2.24) is 14.9 Å². The number of hydrogen-bond acceptors (Lipinski definition) is 5. The first-order valence-electron chi connectivity index (χ1n) is 6.59. The van der Waals surface area contributed by atoms with Crippen molar-refractivity contribution in [3.63, 3.8) is 0 Å². The number of nitrogens with one attached hydrogen (secondary N) is 1. The molecule has 1 saturated heterocycles. The van der Waals surface area contributed by atoms with E-state index < -0.39 is 0 Å². The van der Waals surface area contributed by atoms with E-state index in [0.29, 0.717) is 30.2 Å². The number of nitriles is 1. The number of benzene rings is 1. The van der Waals surface area contributed by atoms with Gasteiger partial charge in [0.25, 0.3) is 5.91 Å². The minimum atomic E-state index is -0.0217. The van der Waals surface area contributed by atoms with E-state index >= 15 is 0 Å². The Labute approximate surface area is 122 Å². The molecule has 0 atom stereocenters. The number of rotatable bonds is 3. The lowest BCUT2D eigenvalue weighted by atomic mass is 10.1. The number of carbonyl (C=O) groups excluding carboxylic acids is 1. The molecule has 0 unspecified atom stereocenters. The zero-order chi connectivity index (χ0) is 14.7. The van der Waals surface area contributed by atoms with E-state index in [1.165, 1.54) is 0 Å². The Hall–Kier alpha value is -2.94. The van der Waals surface area contributed by atoms with Gasteiger partial charge >= 0.3 is 0 Å². The van der Waals surface area contributed by atoms with Crippen molar-refractivity contribution in [2.75, 3.05) is 18.4 Å². The number of hydrogen-bond donors (Lipinski definition) is 1. The summed E-state index contributed by atoms with van der Waals surface area (Å²) in [7, 11) is 0. The summed E-state index contributed by atoms with van der Waals surface area (Å²) in [5.74, 6) is 0.555. The molecule has 0 saturated carbocycles. The van der Waals surface area contributed by atoms with Crippen LogP contribution in [0.2, 0.25) is 0 Å². The Morgan fingerprint density at radius 3 is 2.52 bits per heavy atom. The van der Waals surface area contributed by atoms with Crippen molar-refractivity contribution in [1.29, 1.82) is 5.26 Å². The second-order valence-electron chi connectivity index (χ2n) is 4.81. The van der Waals surface area contributed by atoms with Crippen molar-refractivity contribution in [2.45, 2.75) is 6.04 Å². The summed E-state index contributed by atoms with van der Waals surface area (Å²) < 4.78 is 0. The Bertz CT molecular complexity index is 671. The van der Waals surface area contributed by atoms with Gasteiger partial charge < -0.3 is 10.2 Å². The third kappa shape index (κ3) is 2.82. The minimum Gasteiger partial charge on any atom is -0.348 e. The predicted octanol–water partition coefficient (Wildman–Crippen LogP) is 1.28. The lowest BCUT2D eigenvalue weighted by Gasteiger charge is -2.39. The van der Waals surface area contributed by atoms with Crippen LogP contribution in [0.5, 0.6) is 0 Å². The van der Waals surface area contributed by atoms with E-state index in [0.717, 1.165) is 0 Å². The second kappa shape index (κ2) is 5.59. The summed E-state index contributed by atoms with van der Waals surface area (Å²) in [6.45, 7) is 1.24. The normalized spacial score (nSPS) is 14.1. The van der Waals surface area contributed by atoms with Gasteiger partial charge in [0.2, 0.25) is 5.95 Å². The van der Waals surface area contributed by atoms with Gasteiger partial charge in [-0.25, -0.2) is 9.97 Å². The highest BCUT2D eigenvalue weighted by atomic mass is 16.2. The number of likely N-dealkylation sites (tertiary alicyclic amines) is 1. The fourth-order valence-electron chi connectivity index (χ4n) is 2.16. The molecule has 6 heteroatoms. The van der Waals surface area contributed by atoms with Crippen LogP contribution in [0.25, 0.3) is 0 Å². The molecule has 0 radical (unpaired) electrons. The smallest absolute Gasteiger partial charge is 0.253 e. The maximum atomic E-state index is 12.2. The van der Waals surface area contributed by atoms with Crippen LogP contribution < -0.4 is 5.32 Å². The zero-order valence-electron chi connectivity index (χ0n) is 11.2. The molecule has 2 aromatic rings. The highest BCUT2D eigenvalue weighted by Gasteiger charge is 2.31. The van der Waals surface area contributed by atoms with E-state index in [2.05, 4.69) is 15.3 Å². The summed E-state index contributed by atoms with van der Waals surface area (Å²) in [5, 5.41) is 11.9. The van der Waals surface area contributed by atoms with Crippen molar-refractivity contribution in [3.8, 4) is 6.07 Å². The summed E-state index contributed by atoms with van der Waals surface area (Å²) >= 11 is 0. The molecule has 1 fully saturated rings. The lowest BCUT2D eigenvalue weighted by Crippen LogP contribution is -2.57. The van der Waals surface area contributed by atoms with Crippen molar-refractivity contribution in [2.24, 2.45) is 0 Å². The summed E-state index contributed by atoms with van der Waals surface area (Å²) in [4.78, 5) is 22.1. The Morgan fingerprint density at radius 1 is 1.24 bits per heavy atom. The molecule has 0 aliphatic carbocycles. The minimum absolute atomic E-state index is 0.0217. The van der Waals surface area contributed by atoms with E-state index in [9.17, 15) is 4.79 Å². The predicted molar refractivity (Wildman–Crippen MR) is 76.5 cm³/mol. The van der Waals surface area contributed by atoms with E-state index in [4.69, 9.17) is 5.26 Å². The first-order chi connectivity index (χ1) is 10.3. The number of carbonyl (C=O) groups is 1. The number of aromatic nitrogens is 2. The molecule has 1 aromatic carbocycles. The van der Waals surface area contributed by atoms with E-state index in [-0.39, 0.29) is 11.9 Å². The van der Waals surface area contributed by atoms with Crippen LogP contribution in [0.3, 0.4) is 0 Å². The molecule has 0 bridgehead atoms. The van der Waals surface area contributed by atoms with Gasteiger partial charge in [-0.15, -0.1) is 0 Å². The Balaban J connectivity index is 1.56. The lowest BCUT2D eigenvalue weighted by molar-refractivity contribution is 0.0624. The summed E-state index contributed by atoms with van der Waals surface area (Å²) in [5.41, 5.74) is 1.15. The second-order valence-corrected chi connectivity index (χ2v) is 4.81. The van der Waals surface area contributed by atoms with Crippen LogP contribution in [-0.2, 0) is 0 Å². The molecule has 1 N–H and O–H groups in total. The summed E-state index contributed by atoms with van der Waals surface area (Å²) in [6, 6.07) is 10.6. The molecular weight excluding hydrogens is 266 g/mol. The largest absolute Gasteiger partial charge is 0.348 e. The highest BCUT2D eigenvalue weighted by molar-refractivity contribution is 5.95. The summed E-state index contributed by atoms with van der Waals surface area (Å²) in [6.07, 6.45) is 3.35. The number of anilines is 1. The fraction of sp³-hybridized carbons (Fsp3) is 0.200. The molecule has 2 heterocycles. The van der Waals surface area contributed by atoms with E-state index in [1.54, 1.807) is 47.6 Å². The molecule has 3 rings (SSSR count). The Morgan fingerprint density at radius 2 is 1.90 bits per heavy atom. The first-order valence-corrected chi connectivity index (χ1v) is 6.59. The van der Waals surface area contributed by atoms with Gasteiger partial charge in [0.1, 0.15) is 0 Å². The molecule has 1 aliphatic heterocycles. The average Bonchev–Trinajstić information content (AvgIpc) is 2.51. The maximum Gasteiger partial charge on any atom is 0.253 e. The van der Waals surface area contributed by atoms with Crippen LogP contribution in [-0.4, -0.2) is 39.9 Å². The molecule has 1 aliphatic rings. The van der Waals surface area contributed by atoms with E-state index in [1.807, 2.05) is 6.07 Å². The molecule has 0 spiro atoms. The SMILES string of the molecule is N#Cc1ccc(C(=O)N2CC(Nc3ncccn3)C2)cc1. The van der Waals surface area contributed by atoms with Crippen LogP contribution in [0, 0.1) is 11.3 Å². The monoisotopic (exact) mass is 279 g/mol. The van der Waals surface area contributed by atoms with Crippen molar-refractivity contribution < 1.29 is 4.79 Å². The molecule has 6 nitrogen and oxygen atoms in total. The van der Waals surface area contributed by atoms with Gasteiger partial charge in [-0.1, -0.05) is 0 Å². The topological polar surface area (TPSA) is 81.9 Å². The van der Waals surface area contributed by atoms with Crippen LogP contribution in [0.1, 0.15) is 15.9 Å². The number of amides is 1. The van der Waals surface area contributed by atoms with Gasteiger partial charge in [0.15, 0.2) is 0 Å². The van der Waals surface area contributed by atoms with Gasteiger partial charge in [-0.3, -0.25) is 4.79 Å². The quantitative estimate of drug-likeness (QED) is 0.915. The van der Waals surface area contributed by atoms with Crippen LogP contribution in [0.4, 0.5) is 5.95 Å². The third-order valence-corrected chi connectivity index (χ3v) is 3.33. The van der Waals surface area contributed by atoms with Gasteiger partial charge in [0, 0.05) is 31.0 Å². The molecule has 1 aromatic heterocycles.